The molecule has 0 radical (unpaired) electrons. The molecule has 84 valence electrons. The van der Waals surface area contributed by atoms with Crippen molar-refractivity contribution < 1.29 is 14.8 Å². The third-order valence-corrected chi connectivity index (χ3v) is 2.98. The molecule has 1 N–H and O–H groups in total. The second kappa shape index (κ2) is 3.92. The predicted octanol–water partition coefficient (Wildman–Crippen LogP) is 1.78. The summed E-state index contributed by atoms with van der Waals surface area (Å²) in [5.41, 5.74) is 1.86. The number of rotatable bonds is 2. The van der Waals surface area contributed by atoms with E-state index in [1.54, 1.807) is 6.07 Å². The number of benzene rings is 1. The van der Waals surface area contributed by atoms with E-state index in [1.807, 2.05) is 0 Å². The lowest BCUT2D eigenvalue weighted by molar-refractivity contribution is -0.384. The summed E-state index contributed by atoms with van der Waals surface area (Å²) in [6.07, 6.45) is 1.69. The fourth-order valence-corrected chi connectivity index (χ4v) is 2.07. The normalized spacial score (nSPS) is 18.9. The topological polar surface area (TPSA) is 80.4 Å². The molecule has 0 spiro atoms. The number of hydrogen-bond acceptors (Lipinski definition) is 3. The maximum Gasteiger partial charge on any atom is 0.306 e. The molecule has 16 heavy (non-hydrogen) atoms. The van der Waals surface area contributed by atoms with Gasteiger partial charge in [-0.2, -0.15) is 0 Å². The van der Waals surface area contributed by atoms with Gasteiger partial charge in [0.25, 0.3) is 5.69 Å². The van der Waals surface area contributed by atoms with E-state index in [0.717, 1.165) is 11.1 Å². The van der Waals surface area contributed by atoms with Crippen LogP contribution in [0.2, 0.25) is 0 Å². The van der Waals surface area contributed by atoms with E-state index in [4.69, 9.17) is 5.11 Å². The first kappa shape index (κ1) is 10.6. The number of carbonyl (C=O) groups is 1. The molecule has 2 rings (SSSR count). The first-order valence-electron chi connectivity index (χ1n) is 5.07. The molecule has 1 aliphatic carbocycles. The number of aryl methyl sites for hydroxylation is 1. The molecular weight excluding hydrogens is 210 g/mol. The standard InChI is InChI=1S/C11H11NO4/c13-11(14)8-2-1-7-3-4-10(12(15)16)6-9(7)5-8/h3-4,6,8H,1-2,5H2,(H,13,14). The van der Waals surface area contributed by atoms with E-state index in [0.29, 0.717) is 19.3 Å². The van der Waals surface area contributed by atoms with E-state index < -0.39 is 16.8 Å². The highest BCUT2D eigenvalue weighted by molar-refractivity contribution is 5.71. The molecule has 0 saturated carbocycles. The SMILES string of the molecule is O=C(O)C1CCc2ccc([N+](=O)[O-])cc2C1. The van der Waals surface area contributed by atoms with Gasteiger partial charge in [0.2, 0.25) is 0 Å². The lowest BCUT2D eigenvalue weighted by Gasteiger charge is -2.20. The molecule has 0 bridgehead atoms. The summed E-state index contributed by atoms with van der Waals surface area (Å²) in [5, 5.41) is 19.5. The van der Waals surface area contributed by atoms with Gasteiger partial charge in [0.15, 0.2) is 0 Å². The minimum atomic E-state index is -0.822. The molecule has 1 unspecified atom stereocenters. The van der Waals surface area contributed by atoms with Crippen LogP contribution >= 0.6 is 0 Å². The van der Waals surface area contributed by atoms with Gasteiger partial charge in [-0.25, -0.2) is 0 Å². The van der Waals surface area contributed by atoms with Crippen LogP contribution in [0.1, 0.15) is 17.5 Å². The quantitative estimate of drug-likeness (QED) is 0.609. The molecule has 1 aliphatic rings. The second-order valence-electron chi connectivity index (χ2n) is 3.99. The minimum absolute atomic E-state index is 0.0322. The van der Waals surface area contributed by atoms with Crippen molar-refractivity contribution in [2.75, 3.05) is 0 Å². The molecule has 1 atom stereocenters. The number of nitro groups is 1. The van der Waals surface area contributed by atoms with Crippen LogP contribution in [-0.2, 0) is 17.6 Å². The molecule has 0 aromatic heterocycles. The van der Waals surface area contributed by atoms with Crippen molar-refractivity contribution in [3.8, 4) is 0 Å². The summed E-state index contributed by atoms with van der Waals surface area (Å²) in [6, 6.07) is 4.69. The first-order chi connectivity index (χ1) is 7.58. The number of nitro benzene ring substituents is 1. The number of nitrogens with zero attached hydrogens (tertiary/aromatic N) is 1. The third-order valence-electron chi connectivity index (χ3n) is 2.98. The zero-order valence-corrected chi connectivity index (χ0v) is 8.55. The van der Waals surface area contributed by atoms with Crippen LogP contribution in [0.25, 0.3) is 0 Å². The monoisotopic (exact) mass is 221 g/mol. The Morgan fingerprint density at radius 1 is 1.44 bits per heavy atom. The predicted molar refractivity (Wildman–Crippen MR) is 56.2 cm³/mol. The van der Waals surface area contributed by atoms with Gasteiger partial charge in [-0.3, -0.25) is 14.9 Å². The van der Waals surface area contributed by atoms with Crippen LogP contribution in [0.5, 0.6) is 0 Å². The fraction of sp³-hybridized carbons (Fsp3) is 0.364. The zero-order chi connectivity index (χ0) is 11.7. The Morgan fingerprint density at radius 2 is 2.19 bits per heavy atom. The summed E-state index contributed by atoms with van der Waals surface area (Å²) in [7, 11) is 0. The number of fused-ring (bicyclic) bond motifs is 1. The van der Waals surface area contributed by atoms with Crippen molar-refractivity contribution >= 4 is 11.7 Å². The van der Waals surface area contributed by atoms with Gasteiger partial charge >= 0.3 is 5.97 Å². The van der Waals surface area contributed by atoms with Gasteiger partial charge in [0, 0.05) is 12.1 Å². The Bertz CT molecular complexity index is 455. The lowest BCUT2D eigenvalue weighted by Crippen LogP contribution is -2.22. The van der Waals surface area contributed by atoms with E-state index >= 15 is 0 Å². The van der Waals surface area contributed by atoms with E-state index in [9.17, 15) is 14.9 Å². The maximum atomic E-state index is 10.8. The average molecular weight is 221 g/mol. The Morgan fingerprint density at radius 3 is 2.81 bits per heavy atom. The summed E-state index contributed by atoms with van der Waals surface area (Å²) >= 11 is 0. The Hall–Kier alpha value is -1.91. The molecule has 5 heteroatoms. The van der Waals surface area contributed by atoms with Crippen molar-refractivity contribution in [1.29, 1.82) is 0 Å². The van der Waals surface area contributed by atoms with Crippen molar-refractivity contribution in [2.45, 2.75) is 19.3 Å². The highest BCUT2D eigenvalue weighted by atomic mass is 16.6. The molecular formula is C11H11NO4. The van der Waals surface area contributed by atoms with E-state index in [-0.39, 0.29) is 5.69 Å². The first-order valence-corrected chi connectivity index (χ1v) is 5.07. The number of carboxylic acid groups (broad SMARTS) is 1. The van der Waals surface area contributed by atoms with Crippen LogP contribution in [-0.4, -0.2) is 16.0 Å². The molecule has 0 aliphatic heterocycles. The largest absolute Gasteiger partial charge is 0.481 e. The Kier molecular flexibility index (Phi) is 2.60. The summed E-state index contributed by atoms with van der Waals surface area (Å²) in [4.78, 5) is 21.0. The van der Waals surface area contributed by atoms with Crippen molar-refractivity contribution in [1.82, 2.24) is 0 Å². The molecule has 1 aromatic rings. The summed E-state index contributed by atoms with van der Waals surface area (Å²) in [5.74, 6) is -1.23. The Balaban J connectivity index is 2.32. The maximum absolute atomic E-state index is 10.8. The van der Waals surface area contributed by atoms with Crippen LogP contribution in [0.15, 0.2) is 18.2 Å². The third kappa shape index (κ3) is 1.88. The van der Waals surface area contributed by atoms with Crippen LogP contribution in [0, 0.1) is 16.0 Å². The number of aliphatic carboxylic acids is 1. The molecule has 0 heterocycles. The number of carboxylic acids is 1. The number of hydrogen-bond donors (Lipinski definition) is 1. The molecule has 0 saturated heterocycles. The Labute approximate surface area is 91.9 Å². The molecule has 1 aromatic carbocycles. The van der Waals surface area contributed by atoms with Gasteiger partial charge in [-0.05, 0) is 30.4 Å². The highest BCUT2D eigenvalue weighted by Gasteiger charge is 2.25. The van der Waals surface area contributed by atoms with Crippen LogP contribution in [0.3, 0.4) is 0 Å². The summed E-state index contributed by atoms with van der Waals surface area (Å²) in [6.45, 7) is 0. The van der Waals surface area contributed by atoms with Gasteiger partial charge in [-0.1, -0.05) is 6.07 Å². The zero-order valence-electron chi connectivity index (χ0n) is 8.55. The minimum Gasteiger partial charge on any atom is -0.481 e. The molecule has 5 nitrogen and oxygen atoms in total. The highest BCUT2D eigenvalue weighted by Crippen LogP contribution is 2.28. The van der Waals surface area contributed by atoms with E-state index in [1.165, 1.54) is 12.1 Å². The second-order valence-corrected chi connectivity index (χ2v) is 3.99. The van der Waals surface area contributed by atoms with Gasteiger partial charge in [-0.15, -0.1) is 0 Å². The lowest BCUT2D eigenvalue weighted by atomic mass is 9.84. The average Bonchev–Trinajstić information content (AvgIpc) is 2.27. The van der Waals surface area contributed by atoms with E-state index in [2.05, 4.69) is 0 Å². The van der Waals surface area contributed by atoms with Gasteiger partial charge < -0.3 is 5.11 Å². The van der Waals surface area contributed by atoms with Crippen molar-refractivity contribution in [3.05, 3.63) is 39.4 Å². The number of non-ortho nitro benzene ring substituents is 1. The van der Waals surface area contributed by atoms with Crippen LogP contribution < -0.4 is 0 Å². The molecule has 0 amide bonds. The smallest absolute Gasteiger partial charge is 0.306 e. The fourth-order valence-electron chi connectivity index (χ4n) is 2.07. The molecule has 0 fully saturated rings. The van der Waals surface area contributed by atoms with Gasteiger partial charge in [0.05, 0.1) is 10.8 Å². The van der Waals surface area contributed by atoms with Crippen LogP contribution in [0.4, 0.5) is 5.69 Å². The van der Waals surface area contributed by atoms with Gasteiger partial charge in [0.1, 0.15) is 0 Å². The van der Waals surface area contributed by atoms with Crippen molar-refractivity contribution in [3.63, 3.8) is 0 Å². The van der Waals surface area contributed by atoms with Crippen molar-refractivity contribution in [2.24, 2.45) is 5.92 Å². The summed E-state index contributed by atoms with van der Waals surface area (Å²) < 4.78 is 0.